The first kappa shape index (κ1) is 16.8. The second kappa shape index (κ2) is 4.96. The molecule has 0 aromatic heterocycles. The molecule has 2 fully saturated rings. The Morgan fingerprint density at radius 1 is 1.04 bits per heavy atom. The van der Waals surface area contributed by atoms with E-state index in [9.17, 15) is 17.6 Å². The van der Waals surface area contributed by atoms with Gasteiger partial charge in [-0.2, -0.15) is 13.2 Å². The molecule has 0 unspecified atom stereocenters. The zero-order chi connectivity index (χ0) is 17.2. The van der Waals surface area contributed by atoms with Crippen molar-refractivity contribution >= 4 is 12.6 Å². The molecule has 1 heterocycles. The Hall–Kier alpha value is -1.08. The fourth-order valence-corrected chi connectivity index (χ4v) is 2.85. The molecule has 1 aliphatic carbocycles. The minimum absolute atomic E-state index is 0.0159. The number of hydrogen-bond acceptors (Lipinski definition) is 2. The monoisotopic (exact) mass is 330 g/mol. The van der Waals surface area contributed by atoms with Crippen LogP contribution in [-0.2, 0) is 15.5 Å². The highest BCUT2D eigenvalue weighted by atomic mass is 19.4. The molecule has 3 rings (SSSR count). The van der Waals surface area contributed by atoms with Gasteiger partial charge in [0.25, 0.3) is 0 Å². The highest BCUT2D eigenvalue weighted by Crippen LogP contribution is 2.46. The Morgan fingerprint density at radius 3 is 2.00 bits per heavy atom. The second-order valence-electron chi connectivity index (χ2n) is 7.32. The number of halogens is 4. The summed E-state index contributed by atoms with van der Waals surface area (Å²) >= 11 is 0. The van der Waals surface area contributed by atoms with Gasteiger partial charge in [0, 0.05) is 0 Å². The number of rotatable bonds is 2. The molecule has 0 amide bonds. The van der Waals surface area contributed by atoms with E-state index in [0.29, 0.717) is 12.8 Å². The van der Waals surface area contributed by atoms with Crippen LogP contribution in [0.25, 0.3) is 0 Å². The summed E-state index contributed by atoms with van der Waals surface area (Å²) in [6, 6.07) is 1.88. The van der Waals surface area contributed by atoms with Crippen LogP contribution in [0.15, 0.2) is 12.1 Å². The van der Waals surface area contributed by atoms with E-state index in [0.717, 1.165) is 12.1 Å². The largest absolute Gasteiger partial charge is 0.495 e. The first-order valence-electron chi connectivity index (χ1n) is 7.68. The van der Waals surface area contributed by atoms with Gasteiger partial charge in [-0.25, -0.2) is 4.39 Å². The highest BCUT2D eigenvalue weighted by molar-refractivity contribution is 6.62. The van der Waals surface area contributed by atoms with Gasteiger partial charge in [-0.1, -0.05) is 0 Å². The van der Waals surface area contributed by atoms with Crippen LogP contribution < -0.4 is 5.46 Å². The van der Waals surface area contributed by atoms with Crippen molar-refractivity contribution in [2.75, 3.05) is 0 Å². The fraction of sp³-hybridized carbons (Fsp3) is 0.625. The van der Waals surface area contributed by atoms with E-state index in [2.05, 4.69) is 0 Å². The third kappa shape index (κ3) is 2.89. The minimum atomic E-state index is -4.58. The molecule has 1 saturated carbocycles. The molecule has 1 aromatic rings. The number of benzene rings is 1. The van der Waals surface area contributed by atoms with Gasteiger partial charge in [0.2, 0.25) is 0 Å². The molecule has 2 nitrogen and oxygen atoms in total. The average molecular weight is 330 g/mol. The van der Waals surface area contributed by atoms with Crippen molar-refractivity contribution in [3.63, 3.8) is 0 Å². The second-order valence-corrected chi connectivity index (χ2v) is 7.32. The maximum atomic E-state index is 13.9. The van der Waals surface area contributed by atoms with E-state index < -0.39 is 35.9 Å². The third-order valence-corrected chi connectivity index (χ3v) is 4.97. The molecule has 1 aromatic carbocycles. The van der Waals surface area contributed by atoms with E-state index in [4.69, 9.17) is 9.31 Å². The van der Waals surface area contributed by atoms with Crippen molar-refractivity contribution in [2.45, 2.75) is 63.8 Å². The Bertz CT molecular complexity index is 620. The van der Waals surface area contributed by atoms with Gasteiger partial charge in [0.05, 0.1) is 16.8 Å². The van der Waals surface area contributed by atoms with Crippen LogP contribution in [0, 0.1) is 5.82 Å². The summed E-state index contributed by atoms with van der Waals surface area (Å²) < 4.78 is 66.3. The van der Waals surface area contributed by atoms with Crippen LogP contribution in [0.4, 0.5) is 17.6 Å². The molecule has 23 heavy (non-hydrogen) atoms. The van der Waals surface area contributed by atoms with Gasteiger partial charge in [-0.15, -0.1) is 0 Å². The maximum Gasteiger partial charge on any atom is 0.495 e. The standard InChI is InChI=1S/C16H19BF4O2/c1-14(2)15(3,4)23-17(22-14)12-8-10(18)7-11(9-5-6-9)13(12)16(19,20)21/h7-9H,5-6H2,1-4H3. The topological polar surface area (TPSA) is 18.5 Å². The summed E-state index contributed by atoms with van der Waals surface area (Å²) in [5, 5.41) is 0. The predicted octanol–water partition coefficient (Wildman–Crippen LogP) is 4.02. The van der Waals surface area contributed by atoms with Crippen molar-refractivity contribution in [3.05, 3.63) is 29.1 Å². The summed E-state index contributed by atoms with van der Waals surface area (Å²) in [7, 11) is -1.23. The zero-order valence-electron chi connectivity index (χ0n) is 13.6. The van der Waals surface area contributed by atoms with Gasteiger partial charge in [0.15, 0.2) is 0 Å². The van der Waals surface area contributed by atoms with Crippen LogP contribution >= 0.6 is 0 Å². The molecule has 126 valence electrons. The lowest BCUT2D eigenvalue weighted by molar-refractivity contribution is -0.137. The van der Waals surface area contributed by atoms with Gasteiger partial charge < -0.3 is 9.31 Å². The Morgan fingerprint density at radius 2 is 1.57 bits per heavy atom. The zero-order valence-corrected chi connectivity index (χ0v) is 13.6. The molecule has 0 N–H and O–H groups in total. The van der Waals surface area contributed by atoms with Gasteiger partial charge in [-0.3, -0.25) is 0 Å². The molecular formula is C16H19BF4O2. The summed E-state index contributed by atoms with van der Waals surface area (Å²) in [5.74, 6) is -0.923. The molecule has 0 atom stereocenters. The van der Waals surface area contributed by atoms with E-state index in [1.165, 1.54) is 0 Å². The van der Waals surface area contributed by atoms with Crippen molar-refractivity contribution in [2.24, 2.45) is 0 Å². The van der Waals surface area contributed by atoms with Crippen molar-refractivity contribution in [1.82, 2.24) is 0 Å². The molecule has 0 radical (unpaired) electrons. The summed E-state index contributed by atoms with van der Waals surface area (Å²) in [6.45, 7) is 7.01. The lowest BCUT2D eigenvalue weighted by atomic mass is 9.73. The normalized spacial score (nSPS) is 23.4. The van der Waals surface area contributed by atoms with Crippen LogP contribution in [-0.4, -0.2) is 18.3 Å². The Kier molecular flexibility index (Phi) is 3.62. The molecule has 0 spiro atoms. The van der Waals surface area contributed by atoms with Crippen molar-refractivity contribution in [1.29, 1.82) is 0 Å². The first-order chi connectivity index (χ1) is 10.4. The summed E-state index contributed by atoms with van der Waals surface area (Å²) in [5.41, 5.74) is -2.63. The van der Waals surface area contributed by atoms with Gasteiger partial charge in [-0.05, 0) is 69.6 Å². The van der Waals surface area contributed by atoms with Crippen molar-refractivity contribution in [3.8, 4) is 0 Å². The van der Waals surface area contributed by atoms with Crippen LogP contribution in [0.2, 0.25) is 0 Å². The molecular weight excluding hydrogens is 311 g/mol. The van der Waals surface area contributed by atoms with E-state index >= 15 is 0 Å². The summed E-state index contributed by atoms with van der Waals surface area (Å²) in [6.07, 6.45) is -3.28. The fourth-order valence-electron chi connectivity index (χ4n) is 2.85. The minimum Gasteiger partial charge on any atom is -0.399 e. The summed E-state index contributed by atoms with van der Waals surface area (Å²) in [4.78, 5) is 0. The lowest BCUT2D eigenvalue weighted by Crippen LogP contribution is -2.41. The third-order valence-electron chi connectivity index (χ3n) is 4.97. The first-order valence-corrected chi connectivity index (χ1v) is 7.68. The Labute approximate surface area is 133 Å². The lowest BCUT2D eigenvalue weighted by Gasteiger charge is -2.32. The van der Waals surface area contributed by atoms with Crippen LogP contribution in [0.5, 0.6) is 0 Å². The quantitative estimate of drug-likeness (QED) is 0.602. The number of hydrogen-bond donors (Lipinski definition) is 0. The molecule has 2 aliphatic rings. The maximum absolute atomic E-state index is 13.9. The smallest absolute Gasteiger partial charge is 0.399 e. The molecule has 7 heteroatoms. The Balaban J connectivity index is 2.13. The SMILES string of the molecule is CC1(C)OB(c2cc(F)cc(C3CC3)c2C(F)(F)F)OC1(C)C. The predicted molar refractivity (Wildman–Crippen MR) is 79.1 cm³/mol. The van der Waals surface area contributed by atoms with E-state index in [1.54, 1.807) is 27.7 Å². The van der Waals surface area contributed by atoms with Gasteiger partial charge >= 0.3 is 13.3 Å². The van der Waals surface area contributed by atoms with Crippen LogP contribution in [0.3, 0.4) is 0 Å². The number of alkyl halides is 3. The average Bonchev–Trinajstić information content (AvgIpc) is 3.15. The molecule has 0 bridgehead atoms. The van der Waals surface area contributed by atoms with Crippen molar-refractivity contribution < 1.29 is 26.9 Å². The molecule has 1 aliphatic heterocycles. The van der Waals surface area contributed by atoms with Gasteiger partial charge in [0.1, 0.15) is 5.82 Å². The highest BCUT2D eigenvalue weighted by Gasteiger charge is 2.54. The van der Waals surface area contributed by atoms with E-state index in [1.807, 2.05) is 0 Å². The van der Waals surface area contributed by atoms with E-state index in [-0.39, 0.29) is 16.9 Å². The van der Waals surface area contributed by atoms with Crippen LogP contribution in [0.1, 0.15) is 57.6 Å². The molecule has 1 saturated heterocycles.